The zero-order chi connectivity index (χ0) is 19.0. The Hall–Kier alpha value is -0.970. The van der Waals surface area contributed by atoms with Gasteiger partial charge in [0.25, 0.3) is 10.1 Å². The smallest absolute Gasteiger partial charge is 0.265 e. The number of hydrogen-bond donors (Lipinski definition) is 1. The normalized spacial score (nSPS) is 30.5. The number of carbonyl (C=O) groups is 1. The van der Waals surface area contributed by atoms with Crippen molar-refractivity contribution in [1.29, 1.82) is 5.26 Å². The number of nitrogens with zero attached hydrogens (tertiary/aromatic N) is 2. The van der Waals surface area contributed by atoms with Gasteiger partial charge in [0, 0.05) is 6.42 Å². The van der Waals surface area contributed by atoms with Crippen molar-refractivity contribution < 1.29 is 17.8 Å². The number of fused-ring (bicyclic) bond motifs is 2. The molecular formula is C17H30N2O4S. The first kappa shape index (κ1) is 21.1. The van der Waals surface area contributed by atoms with E-state index in [2.05, 4.69) is 6.07 Å². The third kappa shape index (κ3) is 3.66. The van der Waals surface area contributed by atoms with E-state index in [1.54, 1.807) is 0 Å². The van der Waals surface area contributed by atoms with Crippen LogP contribution in [0, 0.1) is 28.1 Å². The molecule has 6 nitrogen and oxygen atoms in total. The van der Waals surface area contributed by atoms with E-state index in [9.17, 15) is 13.2 Å². The molecule has 0 spiro atoms. The molecule has 2 aliphatic carbocycles. The minimum atomic E-state index is -4.08. The van der Waals surface area contributed by atoms with Gasteiger partial charge >= 0.3 is 0 Å². The van der Waals surface area contributed by atoms with Crippen LogP contribution in [-0.4, -0.2) is 49.0 Å². The third-order valence-corrected chi connectivity index (χ3v) is 7.34. The first-order valence-electron chi connectivity index (χ1n) is 8.33. The summed E-state index contributed by atoms with van der Waals surface area (Å²) in [5.74, 6) is -0.101. The molecule has 2 fully saturated rings. The summed E-state index contributed by atoms with van der Waals surface area (Å²) in [7, 11) is -0.230. The van der Waals surface area contributed by atoms with Gasteiger partial charge in [0.2, 0.25) is 0 Å². The van der Waals surface area contributed by atoms with Crippen LogP contribution in [0.25, 0.3) is 0 Å². The topological polar surface area (TPSA) is 98.5 Å². The Kier molecular flexibility index (Phi) is 5.92. The average Bonchev–Trinajstić information content (AvgIpc) is 2.79. The molecule has 3 atom stereocenters. The number of Topliss-reactive ketones (excluding diaryl/α,β-unsaturated/α-hetero) is 1. The standard InChI is InChI=1S/C10H16O4S.C7H14N2/c1-9(2)7-3-4-10(9,8(11)5-7)6-15(12,13)14;1-5-7(2,6-8)9(3)4/h7H,3-6H2,1-2H3,(H,12,13,14);5H2,1-4H3. The summed E-state index contributed by atoms with van der Waals surface area (Å²) in [4.78, 5) is 13.8. The number of hydrogen-bond acceptors (Lipinski definition) is 5. The quantitative estimate of drug-likeness (QED) is 0.775. The fourth-order valence-electron chi connectivity index (χ4n) is 3.91. The maximum Gasteiger partial charge on any atom is 0.265 e. The Bertz CT molecular complexity index is 635. The second-order valence-electron chi connectivity index (χ2n) is 8.03. The predicted molar refractivity (Wildman–Crippen MR) is 93.0 cm³/mol. The van der Waals surface area contributed by atoms with Gasteiger partial charge in [0.15, 0.2) is 0 Å². The van der Waals surface area contributed by atoms with E-state index < -0.39 is 21.3 Å². The molecule has 0 amide bonds. The highest BCUT2D eigenvalue weighted by molar-refractivity contribution is 7.85. The Morgan fingerprint density at radius 3 is 2.17 bits per heavy atom. The van der Waals surface area contributed by atoms with Gasteiger partial charge in [-0.3, -0.25) is 14.2 Å². The maximum absolute atomic E-state index is 11.9. The van der Waals surface area contributed by atoms with Crippen molar-refractivity contribution in [2.24, 2.45) is 16.7 Å². The molecule has 3 unspecified atom stereocenters. The van der Waals surface area contributed by atoms with Crippen LogP contribution < -0.4 is 0 Å². The molecule has 2 saturated carbocycles. The Balaban J connectivity index is 0.000000277. The van der Waals surface area contributed by atoms with Gasteiger partial charge in [-0.05, 0) is 51.6 Å². The van der Waals surface area contributed by atoms with Crippen LogP contribution in [-0.2, 0) is 14.9 Å². The van der Waals surface area contributed by atoms with Gasteiger partial charge < -0.3 is 0 Å². The van der Waals surface area contributed by atoms with Crippen molar-refractivity contribution in [3.63, 3.8) is 0 Å². The highest BCUT2D eigenvalue weighted by Gasteiger charge is 2.65. The fourth-order valence-corrected chi connectivity index (χ4v) is 5.21. The van der Waals surface area contributed by atoms with E-state index in [-0.39, 0.29) is 22.7 Å². The van der Waals surface area contributed by atoms with E-state index in [1.165, 1.54) is 0 Å². The van der Waals surface area contributed by atoms with Crippen molar-refractivity contribution in [3.8, 4) is 6.07 Å². The summed E-state index contributed by atoms with van der Waals surface area (Å²) >= 11 is 0. The van der Waals surface area contributed by atoms with E-state index in [0.29, 0.717) is 12.8 Å². The van der Waals surface area contributed by atoms with E-state index >= 15 is 0 Å². The van der Waals surface area contributed by atoms with E-state index in [0.717, 1.165) is 12.8 Å². The summed E-state index contributed by atoms with van der Waals surface area (Å²) in [6, 6.07) is 2.25. The molecule has 0 aromatic rings. The lowest BCUT2D eigenvalue weighted by molar-refractivity contribution is -0.128. The zero-order valence-corrected chi connectivity index (χ0v) is 16.4. The first-order valence-corrected chi connectivity index (χ1v) is 9.94. The second-order valence-corrected chi connectivity index (χ2v) is 9.48. The highest BCUT2D eigenvalue weighted by Crippen LogP contribution is 2.64. The molecule has 7 heteroatoms. The summed E-state index contributed by atoms with van der Waals surface area (Å²) < 4.78 is 31.0. The monoisotopic (exact) mass is 358 g/mol. The molecule has 0 aromatic heterocycles. The van der Waals surface area contributed by atoms with Crippen molar-refractivity contribution in [3.05, 3.63) is 0 Å². The molecule has 0 heterocycles. The van der Waals surface area contributed by atoms with Gasteiger partial charge in [0.05, 0.1) is 17.2 Å². The number of carbonyl (C=O) groups excluding carboxylic acids is 1. The van der Waals surface area contributed by atoms with Crippen LogP contribution in [0.2, 0.25) is 0 Å². The lowest BCUT2D eigenvalue weighted by atomic mass is 9.70. The van der Waals surface area contributed by atoms with Crippen LogP contribution in [0.5, 0.6) is 0 Å². The Morgan fingerprint density at radius 2 is 1.96 bits per heavy atom. The molecule has 2 rings (SSSR count). The Labute approximate surface area is 146 Å². The van der Waals surface area contributed by atoms with Crippen molar-refractivity contribution in [1.82, 2.24) is 4.90 Å². The first-order chi connectivity index (χ1) is 10.8. The summed E-state index contributed by atoms with van der Waals surface area (Å²) in [5.41, 5.74) is -1.40. The van der Waals surface area contributed by atoms with Crippen molar-refractivity contribution in [2.45, 2.75) is 58.9 Å². The minimum absolute atomic E-state index is 0.0152. The number of ketones is 1. The van der Waals surface area contributed by atoms with Crippen LogP contribution in [0.4, 0.5) is 0 Å². The molecule has 2 bridgehead atoms. The molecule has 0 aliphatic heterocycles. The predicted octanol–water partition coefficient (Wildman–Crippen LogP) is 2.51. The minimum Gasteiger partial charge on any atom is -0.299 e. The molecule has 0 saturated heterocycles. The fraction of sp³-hybridized carbons (Fsp3) is 0.882. The van der Waals surface area contributed by atoms with Gasteiger partial charge in [-0.15, -0.1) is 0 Å². The van der Waals surface area contributed by atoms with Crippen LogP contribution in [0.3, 0.4) is 0 Å². The summed E-state index contributed by atoms with van der Waals surface area (Å²) in [6.07, 6.45) is 2.84. The Morgan fingerprint density at radius 1 is 1.42 bits per heavy atom. The van der Waals surface area contributed by atoms with Crippen LogP contribution in [0.1, 0.15) is 53.4 Å². The molecule has 0 radical (unpaired) electrons. The van der Waals surface area contributed by atoms with E-state index in [4.69, 9.17) is 9.81 Å². The van der Waals surface area contributed by atoms with Gasteiger partial charge in [0.1, 0.15) is 11.3 Å². The van der Waals surface area contributed by atoms with Crippen molar-refractivity contribution in [2.75, 3.05) is 19.8 Å². The highest BCUT2D eigenvalue weighted by atomic mass is 32.2. The van der Waals surface area contributed by atoms with Crippen molar-refractivity contribution >= 4 is 15.9 Å². The lowest BCUT2D eigenvalue weighted by Gasteiger charge is -2.35. The van der Waals surface area contributed by atoms with Gasteiger partial charge in [-0.1, -0.05) is 20.8 Å². The third-order valence-electron chi connectivity index (χ3n) is 6.48. The molecule has 138 valence electrons. The number of nitriles is 1. The summed E-state index contributed by atoms with van der Waals surface area (Å²) in [5, 5.41) is 8.66. The van der Waals surface area contributed by atoms with Gasteiger partial charge in [-0.25, -0.2) is 0 Å². The van der Waals surface area contributed by atoms with Crippen LogP contribution >= 0.6 is 0 Å². The van der Waals surface area contributed by atoms with Crippen LogP contribution in [0.15, 0.2) is 0 Å². The van der Waals surface area contributed by atoms with Gasteiger partial charge in [-0.2, -0.15) is 13.7 Å². The summed E-state index contributed by atoms with van der Waals surface area (Å²) in [6.45, 7) is 7.84. The average molecular weight is 359 g/mol. The molecule has 2 aliphatic rings. The number of rotatable bonds is 4. The molecule has 24 heavy (non-hydrogen) atoms. The molecule has 0 aromatic carbocycles. The zero-order valence-electron chi connectivity index (χ0n) is 15.6. The SMILES string of the molecule is CC1(C)C2CCC1(CS(=O)(=O)O)C(=O)C2.CCC(C)(C#N)N(C)C. The second kappa shape index (κ2) is 6.74. The lowest BCUT2D eigenvalue weighted by Crippen LogP contribution is -2.42. The van der Waals surface area contributed by atoms with E-state index in [1.807, 2.05) is 46.7 Å². The molecule has 1 N–H and O–H groups in total. The largest absolute Gasteiger partial charge is 0.299 e. The molecular weight excluding hydrogens is 328 g/mol. The maximum atomic E-state index is 11.9.